The molecule has 6 nitrogen and oxygen atoms in total. The summed E-state index contributed by atoms with van der Waals surface area (Å²) in [6.07, 6.45) is 3.03. The van der Waals surface area contributed by atoms with Gasteiger partial charge in [0.2, 0.25) is 5.91 Å². The van der Waals surface area contributed by atoms with E-state index in [2.05, 4.69) is 15.5 Å². The molecule has 1 aromatic heterocycles. The first-order valence-corrected chi connectivity index (χ1v) is 6.76. The minimum Gasteiger partial charge on any atom is -0.353 e. The lowest BCUT2D eigenvalue weighted by Crippen LogP contribution is -2.27. The lowest BCUT2D eigenvalue weighted by molar-refractivity contribution is -0.118. The van der Waals surface area contributed by atoms with E-state index >= 15 is 0 Å². The van der Waals surface area contributed by atoms with Crippen LogP contribution in [0, 0.1) is 0 Å². The number of hydrogen-bond acceptors (Lipinski definition) is 4. The molecule has 0 aromatic carbocycles. The van der Waals surface area contributed by atoms with E-state index in [1.54, 1.807) is 4.57 Å². The summed E-state index contributed by atoms with van der Waals surface area (Å²) in [5.41, 5.74) is -0.211. The van der Waals surface area contributed by atoms with Gasteiger partial charge in [0.15, 0.2) is 5.16 Å². The van der Waals surface area contributed by atoms with Crippen molar-refractivity contribution >= 4 is 17.7 Å². The SMILES string of the molecule is CCCn1c(SCC(=O)NC2CC2)n[nH]c1=O. The molecule has 1 saturated carbocycles. The molecule has 0 bridgehead atoms. The van der Waals surface area contributed by atoms with Crippen LogP contribution in [0.4, 0.5) is 0 Å². The Kier molecular flexibility index (Phi) is 3.88. The summed E-state index contributed by atoms with van der Waals surface area (Å²) in [4.78, 5) is 22.9. The molecule has 0 radical (unpaired) electrons. The molecule has 1 amide bonds. The molecular weight excluding hydrogens is 240 g/mol. The van der Waals surface area contributed by atoms with Crippen molar-refractivity contribution in [3.05, 3.63) is 10.5 Å². The Morgan fingerprint density at radius 1 is 1.65 bits per heavy atom. The number of carbonyl (C=O) groups excluding carboxylic acids is 1. The Labute approximate surface area is 103 Å². The quantitative estimate of drug-likeness (QED) is 0.720. The largest absolute Gasteiger partial charge is 0.353 e. The second-order valence-electron chi connectivity index (χ2n) is 4.09. The molecule has 17 heavy (non-hydrogen) atoms. The first kappa shape index (κ1) is 12.2. The Balaban J connectivity index is 1.88. The monoisotopic (exact) mass is 256 g/mol. The molecule has 0 atom stereocenters. The number of nitrogens with one attached hydrogen (secondary N) is 2. The molecule has 1 aliphatic carbocycles. The third kappa shape index (κ3) is 3.36. The third-order valence-electron chi connectivity index (χ3n) is 2.45. The number of amides is 1. The smallest absolute Gasteiger partial charge is 0.343 e. The van der Waals surface area contributed by atoms with Crippen LogP contribution in [-0.2, 0) is 11.3 Å². The van der Waals surface area contributed by atoms with Crippen molar-refractivity contribution < 1.29 is 4.79 Å². The van der Waals surface area contributed by atoms with Crippen molar-refractivity contribution in [2.75, 3.05) is 5.75 Å². The van der Waals surface area contributed by atoms with Crippen molar-refractivity contribution in [3.63, 3.8) is 0 Å². The number of nitrogens with zero attached hydrogens (tertiary/aromatic N) is 2. The van der Waals surface area contributed by atoms with Gasteiger partial charge in [-0.2, -0.15) is 0 Å². The molecule has 7 heteroatoms. The number of H-pyrrole nitrogens is 1. The van der Waals surface area contributed by atoms with Crippen molar-refractivity contribution in [1.29, 1.82) is 0 Å². The molecule has 0 aliphatic heterocycles. The van der Waals surface area contributed by atoms with E-state index in [-0.39, 0.29) is 11.6 Å². The predicted octanol–water partition coefficient (Wildman–Crippen LogP) is 0.352. The Hall–Kier alpha value is -1.24. The van der Waals surface area contributed by atoms with Crippen LogP contribution in [0.1, 0.15) is 26.2 Å². The highest BCUT2D eigenvalue weighted by Gasteiger charge is 2.23. The van der Waals surface area contributed by atoms with Gasteiger partial charge in [-0.1, -0.05) is 18.7 Å². The Morgan fingerprint density at radius 2 is 2.41 bits per heavy atom. The van der Waals surface area contributed by atoms with E-state index < -0.39 is 0 Å². The average molecular weight is 256 g/mol. The number of aromatic nitrogens is 3. The molecule has 1 heterocycles. The van der Waals surface area contributed by atoms with Gasteiger partial charge in [-0.3, -0.25) is 9.36 Å². The van der Waals surface area contributed by atoms with Gasteiger partial charge in [0.25, 0.3) is 0 Å². The average Bonchev–Trinajstić information content (AvgIpc) is 3.04. The van der Waals surface area contributed by atoms with Crippen LogP contribution in [-0.4, -0.2) is 32.5 Å². The molecule has 1 aliphatic rings. The molecule has 2 rings (SSSR count). The van der Waals surface area contributed by atoms with Crippen molar-refractivity contribution in [2.45, 2.75) is 43.9 Å². The lowest BCUT2D eigenvalue weighted by Gasteiger charge is -2.04. The minimum atomic E-state index is -0.211. The number of rotatable bonds is 6. The van der Waals surface area contributed by atoms with Crippen LogP contribution in [0.5, 0.6) is 0 Å². The standard InChI is InChI=1S/C10H16N4O2S/c1-2-5-14-9(16)12-13-10(14)17-6-8(15)11-7-3-4-7/h7H,2-6H2,1H3,(H,11,15)(H,12,16). The van der Waals surface area contributed by atoms with E-state index in [9.17, 15) is 9.59 Å². The predicted molar refractivity (Wildman–Crippen MR) is 65.0 cm³/mol. The topological polar surface area (TPSA) is 79.8 Å². The minimum absolute atomic E-state index is 0.0102. The molecule has 2 N–H and O–H groups in total. The lowest BCUT2D eigenvalue weighted by atomic mass is 10.5. The van der Waals surface area contributed by atoms with E-state index in [1.807, 2.05) is 6.92 Å². The van der Waals surface area contributed by atoms with Gasteiger partial charge in [0.05, 0.1) is 5.75 Å². The fourth-order valence-electron chi connectivity index (χ4n) is 1.46. The highest BCUT2D eigenvalue weighted by molar-refractivity contribution is 7.99. The second-order valence-corrected chi connectivity index (χ2v) is 5.04. The normalized spacial score (nSPS) is 14.9. The zero-order chi connectivity index (χ0) is 12.3. The van der Waals surface area contributed by atoms with E-state index in [0.717, 1.165) is 19.3 Å². The van der Waals surface area contributed by atoms with Crippen LogP contribution in [0.2, 0.25) is 0 Å². The molecule has 1 fully saturated rings. The van der Waals surface area contributed by atoms with E-state index in [1.165, 1.54) is 11.8 Å². The molecule has 0 saturated heterocycles. The van der Waals surface area contributed by atoms with Gasteiger partial charge < -0.3 is 5.32 Å². The molecule has 0 spiro atoms. The van der Waals surface area contributed by atoms with Gasteiger partial charge in [-0.25, -0.2) is 9.89 Å². The second kappa shape index (κ2) is 5.39. The maximum absolute atomic E-state index is 11.5. The first-order valence-electron chi connectivity index (χ1n) is 5.78. The molecule has 94 valence electrons. The highest BCUT2D eigenvalue weighted by Crippen LogP contribution is 2.19. The molecule has 0 unspecified atom stereocenters. The Morgan fingerprint density at radius 3 is 3.06 bits per heavy atom. The molecule has 1 aromatic rings. The fourth-order valence-corrected chi connectivity index (χ4v) is 2.25. The first-order chi connectivity index (χ1) is 8.20. The maximum Gasteiger partial charge on any atom is 0.343 e. The maximum atomic E-state index is 11.5. The number of hydrogen-bond donors (Lipinski definition) is 2. The summed E-state index contributed by atoms with van der Waals surface area (Å²) in [5, 5.41) is 9.80. The van der Waals surface area contributed by atoms with Crippen LogP contribution < -0.4 is 11.0 Å². The third-order valence-corrected chi connectivity index (χ3v) is 3.42. The summed E-state index contributed by atoms with van der Waals surface area (Å²) < 4.78 is 1.56. The Bertz CT molecular complexity index is 449. The van der Waals surface area contributed by atoms with Gasteiger partial charge in [-0.05, 0) is 19.3 Å². The fraction of sp³-hybridized carbons (Fsp3) is 0.700. The van der Waals surface area contributed by atoms with Crippen molar-refractivity contribution in [2.24, 2.45) is 0 Å². The molecular formula is C10H16N4O2S. The summed E-state index contributed by atoms with van der Waals surface area (Å²) in [7, 11) is 0. The summed E-state index contributed by atoms with van der Waals surface area (Å²) in [6.45, 7) is 2.62. The van der Waals surface area contributed by atoms with E-state index in [4.69, 9.17) is 0 Å². The highest BCUT2D eigenvalue weighted by atomic mass is 32.2. The van der Waals surface area contributed by atoms with Gasteiger partial charge in [-0.15, -0.1) is 5.10 Å². The van der Waals surface area contributed by atoms with E-state index in [0.29, 0.717) is 23.5 Å². The van der Waals surface area contributed by atoms with Gasteiger partial charge in [0.1, 0.15) is 0 Å². The van der Waals surface area contributed by atoms with Crippen molar-refractivity contribution in [1.82, 2.24) is 20.1 Å². The van der Waals surface area contributed by atoms with Gasteiger partial charge >= 0.3 is 5.69 Å². The summed E-state index contributed by atoms with van der Waals surface area (Å²) in [6, 6.07) is 0.375. The van der Waals surface area contributed by atoms with Crippen molar-refractivity contribution in [3.8, 4) is 0 Å². The van der Waals surface area contributed by atoms with Gasteiger partial charge in [0, 0.05) is 12.6 Å². The summed E-state index contributed by atoms with van der Waals surface area (Å²) >= 11 is 1.29. The van der Waals surface area contributed by atoms with Crippen LogP contribution >= 0.6 is 11.8 Å². The van der Waals surface area contributed by atoms with Crippen LogP contribution in [0.15, 0.2) is 9.95 Å². The number of thioether (sulfide) groups is 1. The number of carbonyl (C=O) groups is 1. The zero-order valence-corrected chi connectivity index (χ0v) is 10.5. The van der Waals surface area contributed by atoms with Crippen LogP contribution in [0.3, 0.4) is 0 Å². The zero-order valence-electron chi connectivity index (χ0n) is 9.73. The summed E-state index contributed by atoms with van der Waals surface area (Å²) in [5.74, 6) is 0.320. The van der Waals surface area contributed by atoms with Crippen LogP contribution in [0.25, 0.3) is 0 Å². The number of aromatic amines is 1.